The van der Waals surface area contributed by atoms with Crippen LogP contribution in [-0.2, 0) is 11.8 Å². The molecular formula is C11H11FN2O3S. The molecule has 96 valence electrons. The molecular weight excluding hydrogens is 259 g/mol. The van der Waals surface area contributed by atoms with Crippen LogP contribution in [0.3, 0.4) is 0 Å². The summed E-state index contributed by atoms with van der Waals surface area (Å²) in [4.78, 5) is 14.7. The van der Waals surface area contributed by atoms with Crippen LogP contribution in [0, 0.1) is 5.82 Å². The maximum Gasteiger partial charge on any atom is 0.313 e. The predicted molar refractivity (Wildman–Crippen MR) is 65.6 cm³/mol. The van der Waals surface area contributed by atoms with Crippen molar-refractivity contribution in [2.45, 2.75) is 5.16 Å². The molecule has 7 heteroatoms. The lowest BCUT2D eigenvalue weighted by Crippen LogP contribution is -2.00. The number of halogens is 1. The third kappa shape index (κ3) is 2.26. The number of imidazole rings is 1. The van der Waals surface area contributed by atoms with Crippen molar-refractivity contribution in [1.29, 1.82) is 0 Å². The van der Waals surface area contributed by atoms with Crippen molar-refractivity contribution in [3.8, 4) is 5.75 Å². The molecule has 18 heavy (non-hydrogen) atoms. The predicted octanol–water partition coefficient (Wildman–Crippen LogP) is 1.90. The summed E-state index contributed by atoms with van der Waals surface area (Å²) in [5.74, 6) is -1.36. The summed E-state index contributed by atoms with van der Waals surface area (Å²) in [6.07, 6.45) is 0. The molecule has 1 aromatic carbocycles. The molecule has 0 unspecified atom stereocenters. The molecule has 1 aromatic heterocycles. The van der Waals surface area contributed by atoms with Gasteiger partial charge >= 0.3 is 5.97 Å². The van der Waals surface area contributed by atoms with E-state index in [2.05, 4.69) is 4.98 Å². The van der Waals surface area contributed by atoms with Gasteiger partial charge in [-0.3, -0.25) is 4.79 Å². The van der Waals surface area contributed by atoms with Gasteiger partial charge < -0.3 is 14.4 Å². The highest BCUT2D eigenvalue weighted by Crippen LogP contribution is 2.28. The van der Waals surface area contributed by atoms with Crippen molar-refractivity contribution in [1.82, 2.24) is 9.55 Å². The lowest BCUT2D eigenvalue weighted by Gasteiger charge is -2.03. The minimum atomic E-state index is -0.921. The lowest BCUT2D eigenvalue weighted by molar-refractivity contribution is -0.133. The minimum absolute atomic E-state index is 0.0865. The van der Waals surface area contributed by atoms with Crippen molar-refractivity contribution < 1.29 is 19.0 Å². The summed E-state index contributed by atoms with van der Waals surface area (Å²) < 4.78 is 20.1. The number of thioether (sulfide) groups is 1. The largest absolute Gasteiger partial charge is 0.494 e. The molecule has 0 aliphatic carbocycles. The third-order valence-electron chi connectivity index (χ3n) is 2.44. The number of hydrogen-bond acceptors (Lipinski definition) is 4. The van der Waals surface area contributed by atoms with Gasteiger partial charge in [-0.25, -0.2) is 9.37 Å². The lowest BCUT2D eigenvalue weighted by atomic mass is 10.3. The zero-order valence-electron chi connectivity index (χ0n) is 9.81. The second-order valence-corrected chi connectivity index (χ2v) is 4.55. The second kappa shape index (κ2) is 4.85. The van der Waals surface area contributed by atoms with Crippen LogP contribution in [0.4, 0.5) is 4.39 Å². The highest BCUT2D eigenvalue weighted by molar-refractivity contribution is 7.99. The molecule has 5 nitrogen and oxygen atoms in total. The average Bonchev–Trinajstić information content (AvgIpc) is 2.62. The SMILES string of the molecule is COc1cc2c(cc1F)nc(SCC(=O)O)n2C. The maximum absolute atomic E-state index is 13.5. The number of hydrogen-bond donors (Lipinski definition) is 1. The zero-order valence-corrected chi connectivity index (χ0v) is 10.6. The maximum atomic E-state index is 13.5. The first-order valence-corrected chi connectivity index (χ1v) is 6.06. The number of aliphatic carboxylic acids is 1. The Morgan fingerprint density at radius 2 is 2.33 bits per heavy atom. The van der Waals surface area contributed by atoms with E-state index in [0.29, 0.717) is 16.2 Å². The number of methoxy groups -OCH3 is 1. The molecule has 0 spiro atoms. The van der Waals surface area contributed by atoms with E-state index < -0.39 is 11.8 Å². The van der Waals surface area contributed by atoms with Gasteiger partial charge in [-0.2, -0.15) is 0 Å². The summed E-state index contributed by atoms with van der Waals surface area (Å²) >= 11 is 1.09. The van der Waals surface area contributed by atoms with Crippen molar-refractivity contribution in [3.63, 3.8) is 0 Å². The van der Waals surface area contributed by atoms with Gasteiger partial charge in [0.2, 0.25) is 0 Å². The molecule has 0 amide bonds. The van der Waals surface area contributed by atoms with Crippen LogP contribution in [0.2, 0.25) is 0 Å². The van der Waals surface area contributed by atoms with E-state index in [9.17, 15) is 9.18 Å². The number of carbonyl (C=O) groups is 1. The number of carboxylic acids is 1. The van der Waals surface area contributed by atoms with Gasteiger partial charge in [0.05, 0.1) is 23.9 Å². The smallest absolute Gasteiger partial charge is 0.313 e. The quantitative estimate of drug-likeness (QED) is 0.860. The topological polar surface area (TPSA) is 64.3 Å². The van der Waals surface area contributed by atoms with Crippen LogP contribution >= 0.6 is 11.8 Å². The number of aromatic nitrogens is 2. The molecule has 0 bridgehead atoms. The number of ether oxygens (including phenoxy) is 1. The molecule has 0 aliphatic rings. The molecule has 0 aliphatic heterocycles. The van der Waals surface area contributed by atoms with E-state index in [1.54, 1.807) is 17.7 Å². The molecule has 1 N–H and O–H groups in total. The Balaban J connectivity index is 2.45. The first-order valence-electron chi connectivity index (χ1n) is 5.07. The molecule has 0 saturated carbocycles. The summed E-state index contributed by atoms with van der Waals surface area (Å²) in [5.41, 5.74) is 1.17. The molecule has 0 fully saturated rings. The van der Waals surface area contributed by atoms with Crippen molar-refractivity contribution >= 4 is 28.8 Å². The Labute approximate surface area is 107 Å². The van der Waals surface area contributed by atoms with E-state index in [-0.39, 0.29) is 11.5 Å². The van der Waals surface area contributed by atoms with Gasteiger partial charge in [0.15, 0.2) is 16.7 Å². The molecule has 0 radical (unpaired) electrons. The van der Waals surface area contributed by atoms with Crippen molar-refractivity contribution in [3.05, 3.63) is 17.9 Å². The van der Waals surface area contributed by atoms with E-state index in [1.807, 2.05) is 0 Å². The number of rotatable bonds is 4. The number of carboxylic acid groups (broad SMARTS) is 1. The van der Waals surface area contributed by atoms with Gasteiger partial charge in [-0.05, 0) is 0 Å². The number of benzene rings is 1. The molecule has 2 rings (SSSR count). The fourth-order valence-electron chi connectivity index (χ4n) is 1.58. The Bertz CT molecular complexity index is 612. The van der Waals surface area contributed by atoms with Crippen LogP contribution in [0.15, 0.2) is 17.3 Å². The van der Waals surface area contributed by atoms with Crippen LogP contribution < -0.4 is 4.74 Å². The highest BCUT2D eigenvalue weighted by atomic mass is 32.2. The number of nitrogens with zero attached hydrogens (tertiary/aromatic N) is 2. The summed E-state index contributed by atoms with van der Waals surface area (Å²) in [6, 6.07) is 2.82. The van der Waals surface area contributed by atoms with Crippen LogP contribution in [0.5, 0.6) is 5.75 Å². The van der Waals surface area contributed by atoms with E-state index in [4.69, 9.17) is 9.84 Å². The monoisotopic (exact) mass is 270 g/mol. The third-order valence-corrected chi connectivity index (χ3v) is 3.45. The normalized spacial score (nSPS) is 10.8. The Morgan fingerprint density at radius 1 is 1.61 bits per heavy atom. The summed E-state index contributed by atoms with van der Waals surface area (Å²) in [6.45, 7) is 0. The fraction of sp³-hybridized carbons (Fsp3) is 0.273. The van der Waals surface area contributed by atoms with Crippen LogP contribution in [0.25, 0.3) is 11.0 Å². The molecule has 2 aromatic rings. The molecule has 0 atom stereocenters. The van der Waals surface area contributed by atoms with Gasteiger partial charge in [-0.1, -0.05) is 11.8 Å². The minimum Gasteiger partial charge on any atom is -0.494 e. The van der Waals surface area contributed by atoms with E-state index in [0.717, 1.165) is 11.8 Å². The number of fused-ring (bicyclic) bond motifs is 1. The second-order valence-electron chi connectivity index (χ2n) is 3.61. The fourth-order valence-corrected chi connectivity index (χ4v) is 2.29. The molecule has 0 saturated heterocycles. The van der Waals surface area contributed by atoms with Gasteiger partial charge in [-0.15, -0.1) is 0 Å². The van der Waals surface area contributed by atoms with E-state index in [1.165, 1.54) is 13.2 Å². The highest BCUT2D eigenvalue weighted by Gasteiger charge is 2.13. The summed E-state index contributed by atoms with van der Waals surface area (Å²) in [7, 11) is 3.14. The van der Waals surface area contributed by atoms with Crippen molar-refractivity contribution in [2.24, 2.45) is 7.05 Å². The average molecular weight is 270 g/mol. The van der Waals surface area contributed by atoms with Gasteiger partial charge in [0.1, 0.15) is 0 Å². The number of aryl methyl sites for hydroxylation is 1. The Hall–Kier alpha value is -1.76. The summed E-state index contributed by atoms with van der Waals surface area (Å²) in [5, 5.41) is 9.16. The van der Waals surface area contributed by atoms with Crippen LogP contribution in [-0.4, -0.2) is 33.5 Å². The zero-order chi connectivity index (χ0) is 13.3. The standard InChI is InChI=1S/C11H11FN2O3S/c1-14-8-4-9(17-2)6(12)3-7(8)13-11(14)18-5-10(15)16/h3-4H,5H2,1-2H3,(H,15,16). The van der Waals surface area contributed by atoms with Gasteiger partial charge in [0, 0.05) is 19.2 Å². The van der Waals surface area contributed by atoms with Crippen LogP contribution in [0.1, 0.15) is 0 Å². The molecule has 1 heterocycles. The van der Waals surface area contributed by atoms with Gasteiger partial charge in [0.25, 0.3) is 0 Å². The van der Waals surface area contributed by atoms with E-state index >= 15 is 0 Å². The first kappa shape index (κ1) is 12.7. The Morgan fingerprint density at radius 3 is 2.94 bits per heavy atom. The first-order chi connectivity index (χ1) is 8.52. The Kier molecular flexibility index (Phi) is 3.42. The van der Waals surface area contributed by atoms with Crippen molar-refractivity contribution in [2.75, 3.05) is 12.9 Å².